The van der Waals surface area contributed by atoms with E-state index in [1.807, 2.05) is 12.1 Å². The molecule has 2 aromatic carbocycles. The van der Waals surface area contributed by atoms with Crippen LogP contribution in [0.2, 0.25) is 0 Å². The lowest BCUT2D eigenvalue weighted by molar-refractivity contribution is -0.145. The van der Waals surface area contributed by atoms with E-state index in [0.29, 0.717) is 41.3 Å². The maximum Gasteiger partial charge on any atom is 0.335 e. The quantitative estimate of drug-likeness (QED) is 0.451. The molecule has 8 heteroatoms. The van der Waals surface area contributed by atoms with Gasteiger partial charge in [0.25, 0.3) is 0 Å². The molecule has 0 amide bonds. The number of nitrogens with zero attached hydrogens (tertiary/aromatic N) is 3. The maximum absolute atomic E-state index is 11.9. The summed E-state index contributed by atoms with van der Waals surface area (Å²) in [7, 11) is 3.13. The first-order chi connectivity index (χ1) is 12.7. The van der Waals surface area contributed by atoms with Gasteiger partial charge in [0.1, 0.15) is 16.8 Å². The lowest BCUT2D eigenvalue weighted by atomic mass is 10.3. The molecule has 26 heavy (non-hydrogen) atoms. The van der Waals surface area contributed by atoms with E-state index in [1.54, 1.807) is 44.6 Å². The Morgan fingerprint density at radius 3 is 2.69 bits per heavy atom. The predicted molar refractivity (Wildman–Crippen MR) is 93.4 cm³/mol. The Labute approximate surface area is 150 Å². The minimum absolute atomic E-state index is 0.196. The Kier molecular flexibility index (Phi) is 5.52. The summed E-state index contributed by atoms with van der Waals surface area (Å²) in [6.07, 6.45) is 0.696. The van der Waals surface area contributed by atoms with Gasteiger partial charge in [-0.2, -0.15) is 0 Å². The second-order valence-corrected chi connectivity index (χ2v) is 5.38. The van der Waals surface area contributed by atoms with E-state index in [9.17, 15) is 4.79 Å². The van der Waals surface area contributed by atoms with Crippen molar-refractivity contribution in [2.75, 3.05) is 20.8 Å². The van der Waals surface area contributed by atoms with E-state index in [0.717, 1.165) is 4.85 Å². The molecule has 0 spiro atoms. The maximum atomic E-state index is 11.9. The molecule has 0 bridgehead atoms. The standard InChI is InChI=1S/C18H19N3O5/c1-23-16-10-9-13(12-17(16)24-2)25-11-5-8-18(22)26-21-15-7-4-3-6-14(15)19-20-21/h3-4,6-7,9-10,12H,5,8,11H2,1-2H3. The molecule has 0 saturated carbocycles. The molecule has 8 nitrogen and oxygen atoms in total. The van der Waals surface area contributed by atoms with Crippen molar-refractivity contribution in [3.63, 3.8) is 0 Å². The molecule has 136 valence electrons. The highest BCUT2D eigenvalue weighted by Gasteiger charge is 2.10. The van der Waals surface area contributed by atoms with Crippen LogP contribution in [-0.2, 0) is 4.79 Å². The van der Waals surface area contributed by atoms with E-state index < -0.39 is 5.97 Å². The fourth-order valence-electron chi connectivity index (χ4n) is 2.37. The molecule has 0 saturated heterocycles. The summed E-state index contributed by atoms with van der Waals surface area (Å²) in [5.41, 5.74) is 1.31. The van der Waals surface area contributed by atoms with Crippen LogP contribution in [0.4, 0.5) is 0 Å². The van der Waals surface area contributed by atoms with Gasteiger partial charge in [-0.15, -0.1) is 5.10 Å². The number of carbonyl (C=O) groups excluding carboxylic acids is 1. The number of para-hydroxylation sites is 1. The molecular weight excluding hydrogens is 338 g/mol. The Balaban J connectivity index is 1.47. The normalized spacial score (nSPS) is 10.5. The molecule has 0 atom stereocenters. The minimum Gasteiger partial charge on any atom is -0.493 e. The average Bonchev–Trinajstić information content (AvgIpc) is 3.08. The van der Waals surface area contributed by atoms with E-state index in [1.165, 1.54) is 0 Å². The summed E-state index contributed by atoms with van der Waals surface area (Å²) in [6.45, 7) is 0.364. The van der Waals surface area contributed by atoms with E-state index in [2.05, 4.69) is 10.3 Å². The SMILES string of the molecule is COc1ccc(OCCCC(=O)On2nnc3ccccc32)cc1OC. The van der Waals surface area contributed by atoms with E-state index in [-0.39, 0.29) is 6.42 Å². The van der Waals surface area contributed by atoms with Gasteiger partial charge in [0, 0.05) is 6.07 Å². The topological polar surface area (TPSA) is 84.7 Å². The van der Waals surface area contributed by atoms with E-state index in [4.69, 9.17) is 19.0 Å². The molecule has 0 radical (unpaired) electrons. The molecule has 0 fully saturated rings. The molecule has 0 aliphatic heterocycles. The smallest absolute Gasteiger partial charge is 0.335 e. The fraction of sp³-hybridized carbons (Fsp3) is 0.278. The van der Waals surface area contributed by atoms with Gasteiger partial charge in [-0.3, -0.25) is 0 Å². The van der Waals surface area contributed by atoms with Gasteiger partial charge in [0.15, 0.2) is 11.5 Å². The lowest BCUT2D eigenvalue weighted by Gasteiger charge is -2.10. The summed E-state index contributed by atoms with van der Waals surface area (Å²) in [4.78, 5) is 18.3. The molecule has 0 N–H and O–H groups in total. The highest BCUT2D eigenvalue weighted by Crippen LogP contribution is 2.30. The van der Waals surface area contributed by atoms with Crippen LogP contribution >= 0.6 is 0 Å². The summed E-state index contributed by atoms with van der Waals surface area (Å²) < 4.78 is 16.0. The number of carbonyl (C=O) groups is 1. The van der Waals surface area contributed by atoms with Crippen molar-refractivity contribution in [3.8, 4) is 17.2 Å². The zero-order valence-electron chi connectivity index (χ0n) is 14.5. The van der Waals surface area contributed by atoms with Crippen molar-refractivity contribution < 1.29 is 23.8 Å². The van der Waals surface area contributed by atoms with Crippen molar-refractivity contribution >= 4 is 17.0 Å². The Hall–Kier alpha value is -3.29. The van der Waals surface area contributed by atoms with Gasteiger partial charge in [-0.25, -0.2) is 4.79 Å². The van der Waals surface area contributed by atoms with Crippen molar-refractivity contribution in [2.24, 2.45) is 0 Å². The predicted octanol–water partition coefficient (Wildman–Crippen LogP) is 2.26. The molecule has 3 rings (SSSR count). The van der Waals surface area contributed by atoms with Crippen LogP contribution in [0.25, 0.3) is 11.0 Å². The molecular formula is C18H19N3O5. The summed E-state index contributed by atoms with van der Waals surface area (Å²) in [6, 6.07) is 12.5. The Bertz CT molecular complexity index is 893. The molecule has 0 unspecified atom stereocenters. The van der Waals surface area contributed by atoms with Crippen LogP contribution in [0.5, 0.6) is 17.2 Å². The van der Waals surface area contributed by atoms with Crippen molar-refractivity contribution in [3.05, 3.63) is 42.5 Å². The number of methoxy groups -OCH3 is 2. The third-order valence-electron chi connectivity index (χ3n) is 3.66. The average molecular weight is 357 g/mol. The molecule has 1 aromatic heterocycles. The van der Waals surface area contributed by atoms with Crippen LogP contribution in [0, 0.1) is 0 Å². The van der Waals surface area contributed by atoms with Crippen molar-refractivity contribution in [1.82, 2.24) is 15.2 Å². The number of aromatic nitrogens is 3. The number of hydrogen-bond donors (Lipinski definition) is 0. The summed E-state index contributed by atoms with van der Waals surface area (Å²) >= 11 is 0. The monoisotopic (exact) mass is 357 g/mol. The van der Waals surface area contributed by atoms with Gasteiger partial charge in [0.05, 0.1) is 27.2 Å². The largest absolute Gasteiger partial charge is 0.493 e. The number of rotatable bonds is 8. The Morgan fingerprint density at radius 1 is 1.08 bits per heavy atom. The number of fused-ring (bicyclic) bond motifs is 1. The second kappa shape index (κ2) is 8.19. The van der Waals surface area contributed by atoms with Crippen LogP contribution in [0.15, 0.2) is 42.5 Å². The second-order valence-electron chi connectivity index (χ2n) is 5.38. The highest BCUT2D eigenvalue weighted by atomic mass is 16.7. The first-order valence-electron chi connectivity index (χ1n) is 8.07. The highest BCUT2D eigenvalue weighted by molar-refractivity contribution is 5.75. The lowest BCUT2D eigenvalue weighted by Crippen LogP contribution is -2.21. The molecule has 1 heterocycles. The van der Waals surface area contributed by atoms with Gasteiger partial charge >= 0.3 is 5.97 Å². The minimum atomic E-state index is -0.406. The number of benzene rings is 2. The van der Waals surface area contributed by atoms with Gasteiger partial charge in [-0.05, 0) is 35.9 Å². The Morgan fingerprint density at radius 2 is 1.88 bits per heavy atom. The third kappa shape index (κ3) is 4.02. The first-order valence-corrected chi connectivity index (χ1v) is 8.07. The van der Waals surface area contributed by atoms with Gasteiger partial charge in [0.2, 0.25) is 0 Å². The van der Waals surface area contributed by atoms with Gasteiger partial charge < -0.3 is 19.0 Å². The van der Waals surface area contributed by atoms with Gasteiger partial charge in [-0.1, -0.05) is 17.0 Å². The third-order valence-corrected chi connectivity index (χ3v) is 3.66. The number of hydrogen-bond acceptors (Lipinski definition) is 7. The molecule has 0 aliphatic rings. The zero-order valence-corrected chi connectivity index (χ0v) is 14.5. The zero-order chi connectivity index (χ0) is 18.4. The van der Waals surface area contributed by atoms with E-state index >= 15 is 0 Å². The fourth-order valence-corrected chi connectivity index (χ4v) is 2.37. The van der Waals surface area contributed by atoms with Crippen molar-refractivity contribution in [1.29, 1.82) is 0 Å². The van der Waals surface area contributed by atoms with Crippen LogP contribution < -0.4 is 19.0 Å². The van der Waals surface area contributed by atoms with Crippen LogP contribution in [0.1, 0.15) is 12.8 Å². The van der Waals surface area contributed by atoms with Crippen LogP contribution in [-0.4, -0.2) is 42.0 Å². The first kappa shape index (κ1) is 17.5. The van der Waals surface area contributed by atoms with Crippen molar-refractivity contribution in [2.45, 2.75) is 12.8 Å². The summed E-state index contributed by atoms with van der Waals surface area (Å²) in [5.74, 6) is 1.45. The molecule has 0 aliphatic carbocycles. The summed E-state index contributed by atoms with van der Waals surface area (Å²) in [5, 5.41) is 7.74. The number of ether oxygens (including phenoxy) is 3. The van der Waals surface area contributed by atoms with Crippen LogP contribution in [0.3, 0.4) is 0 Å². The molecule has 3 aromatic rings.